The molecule has 0 unspecified atom stereocenters. The third kappa shape index (κ3) is 5.02. The number of hydrogen-bond acceptors (Lipinski definition) is 8. The highest BCUT2D eigenvalue weighted by Crippen LogP contribution is 2.37. The lowest BCUT2D eigenvalue weighted by Crippen LogP contribution is -2.32. The minimum Gasteiger partial charge on any atom is -0.479 e. The van der Waals surface area contributed by atoms with Crippen LogP contribution in [0.3, 0.4) is 0 Å². The summed E-state index contributed by atoms with van der Waals surface area (Å²) in [6, 6.07) is 18.1. The molecule has 0 spiro atoms. The first-order chi connectivity index (χ1) is 19.6. The molecular weight excluding hydrogens is 556 g/mol. The molecule has 0 saturated heterocycles. The summed E-state index contributed by atoms with van der Waals surface area (Å²) >= 11 is 0. The number of pyridine rings is 1. The summed E-state index contributed by atoms with van der Waals surface area (Å²) in [4.78, 5) is 23.9. The van der Waals surface area contributed by atoms with Crippen molar-refractivity contribution >= 4 is 39.2 Å². The van der Waals surface area contributed by atoms with Gasteiger partial charge in [0.25, 0.3) is 10.0 Å². The Labute approximate surface area is 233 Å². The first-order valence-corrected chi connectivity index (χ1v) is 13.6. The van der Waals surface area contributed by atoms with E-state index in [1.54, 1.807) is 12.1 Å². The Morgan fingerprint density at radius 1 is 1.02 bits per heavy atom. The van der Waals surface area contributed by atoms with Gasteiger partial charge in [0.1, 0.15) is 16.5 Å². The molecule has 210 valence electrons. The Bertz CT molecular complexity index is 1870. The van der Waals surface area contributed by atoms with Crippen molar-refractivity contribution in [1.29, 1.82) is 0 Å². The molecule has 5 rings (SSSR count). The summed E-state index contributed by atoms with van der Waals surface area (Å²) in [6.07, 6.45) is 1.43. The summed E-state index contributed by atoms with van der Waals surface area (Å²) in [5.41, 5.74) is 9.30. The summed E-state index contributed by atoms with van der Waals surface area (Å²) in [6.45, 7) is 1.84. The Kier molecular flexibility index (Phi) is 7.28. The molecule has 0 aliphatic heterocycles. The Morgan fingerprint density at radius 2 is 1.78 bits per heavy atom. The van der Waals surface area contributed by atoms with Gasteiger partial charge in [-0.2, -0.15) is 8.42 Å². The van der Waals surface area contributed by atoms with E-state index in [2.05, 4.69) is 9.97 Å². The molecule has 0 radical (unpaired) electrons. The van der Waals surface area contributed by atoms with Gasteiger partial charge in [-0.25, -0.2) is 18.7 Å². The highest BCUT2D eigenvalue weighted by Gasteiger charge is 2.33. The number of fused-ring (bicyclic) bond motifs is 1. The predicted molar refractivity (Wildman–Crippen MR) is 147 cm³/mol. The monoisotopic (exact) mass is 579 g/mol. The SMILES string of the molecule is COc1ncc(-c2ccc3nc(N)n([C@H](C)c4ccccc4)c3c2)cc1N(OC=O)S(=O)(=O)c1ccc(F)cc1F. The van der Waals surface area contributed by atoms with Crippen LogP contribution in [0.5, 0.6) is 5.88 Å². The predicted octanol–water partition coefficient (Wildman–Crippen LogP) is 4.86. The van der Waals surface area contributed by atoms with Gasteiger partial charge >= 0.3 is 6.47 Å². The minimum atomic E-state index is -4.89. The average Bonchev–Trinajstić information content (AvgIpc) is 3.30. The molecule has 2 N–H and O–H groups in total. The minimum absolute atomic E-state index is 0.149. The second kappa shape index (κ2) is 10.8. The molecule has 2 aromatic heterocycles. The van der Waals surface area contributed by atoms with Crippen LogP contribution in [0, 0.1) is 11.6 Å². The van der Waals surface area contributed by atoms with Gasteiger partial charge in [0.2, 0.25) is 11.8 Å². The number of anilines is 2. The van der Waals surface area contributed by atoms with Crippen molar-refractivity contribution in [3.05, 3.63) is 96.2 Å². The molecule has 0 bridgehead atoms. The summed E-state index contributed by atoms with van der Waals surface area (Å²) in [7, 11) is -3.66. The number of methoxy groups -OCH3 is 1. The number of benzene rings is 3. The van der Waals surface area contributed by atoms with Gasteiger partial charge in [-0.05, 0) is 48.4 Å². The first-order valence-electron chi connectivity index (χ1n) is 12.1. The topological polar surface area (TPSA) is 130 Å². The number of imidazole rings is 1. The average molecular weight is 580 g/mol. The summed E-state index contributed by atoms with van der Waals surface area (Å²) < 4.78 is 62.0. The molecule has 3 aromatic carbocycles. The number of ether oxygens (including phenoxy) is 1. The fraction of sp³-hybridized carbons (Fsp3) is 0.107. The zero-order valence-electron chi connectivity index (χ0n) is 21.7. The van der Waals surface area contributed by atoms with Gasteiger partial charge in [0.05, 0.1) is 24.2 Å². The number of halogens is 2. The van der Waals surface area contributed by atoms with E-state index < -0.39 is 26.6 Å². The maximum atomic E-state index is 14.5. The van der Waals surface area contributed by atoms with Crippen molar-refractivity contribution in [3.63, 3.8) is 0 Å². The maximum Gasteiger partial charge on any atom is 0.322 e. The third-order valence-electron chi connectivity index (χ3n) is 6.47. The first kappa shape index (κ1) is 27.5. The normalized spacial score (nSPS) is 12.2. The van der Waals surface area contributed by atoms with Crippen molar-refractivity contribution in [3.8, 4) is 17.0 Å². The molecule has 5 aromatic rings. The van der Waals surface area contributed by atoms with Crippen LogP contribution < -0.4 is 14.9 Å². The molecule has 0 aliphatic carbocycles. The van der Waals surface area contributed by atoms with Crippen LogP contribution in [0.1, 0.15) is 18.5 Å². The molecule has 0 fully saturated rings. The van der Waals surface area contributed by atoms with Gasteiger partial charge in [0.15, 0.2) is 5.69 Å². The van der Waals surface area contributed by atoms with Gasteiger partial charge < -0.3 is 19.9 Å². The van der Waals surface area contributed by atoms with E-state index >= 15 is 0 Å². The third-order valence-corrected chi connectivity index (χ3v) is 8.08. The van der Waals surface area contributed by atoms with E-state index in [-0.39, 0.29) is 28.5 Å². The van der Waals surface area contributed by atoms with E-state index in [4.69, 9.17) is 15.3 Å². The second-order valence-electron chi connectivity index (χ2n) is 8.89. The number of sulfonamides is 1. The van der Waals surface area contributed by atoms with E-state index in [1.165, 1.54) is 19.4 Å². The molecule has 10 nitrogen and oxygen atoms in total. The fourth-order valence-corrected chi connectivity index (χ4v) is 5.78. The van der Waals surface area contributed by atoms with Crippen molar-refractivity contribution in [2.24, 2.45) is 0 Å². The number of carbonyl (C=O) groups is 1. The highest BCUT2D eigenvalue weighted by molar-refractivity contribution is 7.92. The summed E-state index contributed by atoms with van der Waals surface area (Å²) in [5.74, 6) is -2.30. The number of carbonyl (C=O) groups excluding carboxylic acids is 1. The smallest absolute Gasteiger partial charge is 0.322 e. The summed E-state index contributed by atoms with van der Waals surface area (Å²) in [5, 5.41) is 0. The lowest BCUT2D eigenvalue weighted by Gasteiger charge is -2.22. The Morgan fingerprint density at radius 3 is 2.46 bits per heavy atom. The quantitative estimate of drug-likeness (QED) is 0.194. The molecule has 0 amide bonds. The van der Waals surface area contributed by atoms with Crippen LogP contribution in [0.25, 0.3) is 22.2 Å². The van der Waals surface area contributed by atoms with Gasteiger partial charge in [-0.15, -0.1) is 0 Å². The number of nitrogens with zero attached hydrogens (tertiary/aromatic N) is 4. The second-order valence-corrected chi connectivity index (χ2v) is 10.6. The standard InChI is InChI=1S/C28H23F2N5O5S/c1-17(18-6-4-3-5-7-18)34-24-12-19(8-10-23(24)33-28(34)31)20-13-25(27(39-2)32-15-20)35(40-16-36)41(37,38)26-11-9-21(29)14-22(26)30/h3-17H,1-2H3,(H2,31,33)/t17-/m1/s1. The van der Waals surface area contributed by atoms with E-state index in [0.29, 0.717) is 34.2 Å². The molecule has 41 heavy (non-hydrogen) atoms. The zero-order chi connectivity index (χ0) is 29.3. The van der Waals surface area contributed by atoms with Crippen molar-refractivity contribution in [1.82, 2.24) is 14.5 Å². The zero-order valence-corrected chi connectivity index (χ0v) is 22.5. The lowest BCUT2D eigenvalue weighted by molar-refractivity contribution is -0.128. The van der Waals surface area contributed by atoms with Crippen molar-refractivity contribution in [2.75, 3.05) is 17.3 Å². The number of nitrogen functional groups attached to an aromatic ring is 1. The highest BCUT2D eigenvalue weighted by atomic mass is 32.2. The maximum absolute atomic E-state index is 14.5. The number of nitrogens with two attached hydrogens (primary N) is 1. The van der Waals surface area contributed by atoms with Crippen molar-refractivity contribution in [2.45, 2.75) is 17.9 Å². The Balaban J connectivity index is 1.64. The molecule has 13 heteroatoms. The lowest BCUT2D eigenvalue weighted by atomic mass is 10.1. The van der Waals surface area contributed by atoms with Gasteiger partial charge in [-0.3, -0.25) is 4.79 Å². The molecule has 0 saturated carbocycles. The molecule has 0 aliphatic rings. The van der Waals surface area contributed by atoms with Crippen LogP contribution in [-0.4, -0.2) is 36.5 Å². The fourth-order valence-electron chi connectivity index (χ4n) is 4.52. The Hall–Kier alpha value is -5.04. The van der Waals surface area contributed by atoms with Crippen LogP contribution in [0.4, 0.5) is 20.4 Å². The van der Waals surface area contributed by atoms with Gasteiger partial charge in [-0.1, -0.05) is 40.9 Å². The molecule has 1 atom stereocenters. The van der Waals surface area contributed by atoms with E-state index in [1.807, 2.05) is 47.9 Å². The van der Waals surface area contributed by atoms with Crippen LogP contribution in [-0.2, 0) is 19.7 Å². The van der Waals surface area contributed by atoms with E-state index in [0.717, 1.165) is 17.7 Å². The molecular formula is C28H23F2N5O5S. The van der Waals surface area contributed by atoms with E-state index in [9.17, 15) is 22.0 Å². The number of aromatic nitrogens is 3. The largest absolute Gasteiger partial charge is 0.479 e. The van der Waals surface area contributed by atoms with Crippen LogP contribution in [0.2, 0.25) is 0 Å². The van der Waals surface area contributed by atoms with Crippen LogP contribution in [0.15, 0.2) is 83.9 Å². The molecule has 2 heterocycles. The number of hydrogen-bond donors (Lipinski definition) is 1. The van der Waals surface area contributed by atoms with Gasteiger partial charge in [0, 0.05) is 17.8 Å². The van der Waals surface area contributed by atoms with Crippen molar-refractivity contribution < 1.29 is 31.6 Å². The number of rotatable bonds is 9. The van der Waals surface area contributed by atoms with Crippen LogP contribution >= 0.6 is 0 Å².